The van der Waals surface area contributed by atoms with Crippen LogP contribution in [0.4, 0.5) is 5.69 Å². The number of halogens is 1. The standard InChI is InChI=1S/C26H39ClN4O5/c27-21-17-20(25-19(24(21)28)11-16-36-25)26(35)30-18-9-14-31(15-10-18)13-6-2-3-7-22(32)29-12-5-1-4-8-23(33)34/h17-18H,1-16,28H2,(H,29,32)(H,30,35)(H,33,34). The van der Waals surface area contributed by atoms with Gasteiger partial charge in [0.25, 0.3) is 5.91 Å². The number of rotatable bonds is 14. The molecule has 1 fully saturated rings. The fourth-order valence-corrected chi connectivity index (χ4v) is 5.02. The number of hydrogen-bond donors (Lipinski definition) is 4. The highest BCUT2D eigenvalue weighted by molar-refractivity contribution is 6.33. The molecule has 0 bridgehead atoms. The number of likely N-dealkylation sites (tertiary alicyclic amines) is 1. The van der Waals surface area contributed by atoms with Gasteiger partial charge in [-0.05, 0) is 51.1 Å². The number of nitrogens with zero attached hydrogens (tertiary/aromatic N) is 1. The lowest BCUT2D eigenvalue weighted by Crippen LogP contribution is -2.44. The van der Waals surface area contributed by atoms with E-state index in [4.69, 9.17) is 27.2 Å². The molecule has 5 N–H and O–H groups in total. The topological polar surface area (TPSA) is 134 Å². The van der Waals surface area contributed by atoms with Crippen molar-refractivity contribution >= 4 is 35.1 Å². The summed E-state index contributed by atoms with van der Waals surface area (Å²) in [5, 5.41) is 15.0. The Bertz CT molecular complexity index is 918. The summed E-state index contributed by atoms with van der Waals surface area (Å²) in [6, 6.07) is 1.73. The summed E-state index contributed by atoms with van der Waals surface area (Å²) in [6.45, 7) is 4.00. The number of piperidine rings is 1. The maximum Gasteiger partial charge on any atom is 0.303 e. The number of benzene rings is 1. The normalized spacial score (nSPS) is 15.8. The minimum absolute atomic E-state index is 0.0724. The largest absolute Gasteiger partial charge is 0.492 e. The van der Waals surface area contributed by atoms with E-state index in [-0.39, 0.29) is 24.3 Å². The molecule has 1 aromatic carbocycles. The molecule has 1 aromatic rings. The number of carbonyl (C=O) groups is 3. The quantitative estimate of drug-likeness (QED) is 0.217. The predicted octanol–water partition coefficient (Wildman–Crippen LogP) is 3.37. The van der Waals surface area contributed by atoms with Crippen molar-refractivity contribution in [2.24, 2.45) is 0 Å². The SMILES string of the molecule is Nc1c(Cl)cc(C(=O)NC2CCN(CCCCCC(=O)NCCCCCC(=O)O)CC2)c2c1CCO2. The summed E-state index contributed by atoms with van der Waals surface area (Å²) in [5.74, 6) is -0.292. The van der Waals surface area contributed by atoms with Crippen LogP contribution in [0.2, 0.25) is 5.02 Å². The van der Waals surface area contributed by atoms with Crippen molar-refractivity contribution in [2.45, 2.75) is 76.7 Å². The molecule has 10 heteroatoms. The van der Waals surface area contributed by atoms with Gasteiger partial charge in [-0.15, -0.1) is 0 Å². The van der Waals surface area contributed by atoms with E-state index in [1.54, 1.807) is 6.07 Å². The van der Waals surface area contributed by atoms with Gasteiger partial charge in [-0.3, -0.25) is 14.4 Å². The minimum Gasteiger partial charge on any atom is -0.492 e. The molecule has 3 rings (SSSR count). The van der Waals surface area contributed by atoms with Crippen LogP contribution in [0.1, 0.15) is 80.1 Å². The maximum absolute atomic E-state index is 12.9. The van der Waals surface area contributed by atoms with Gasteiger partial charge in [0.1, 0.15) is 5.75 Å². The van der Waals surface area contributed by atoms with Gasteiger partial charge in [0.15, 0.2) is 0 Å². The lowest BCUT2D eigenvalue weighted by Gasteiger charge is -2.32. The number of aliphatic carboxylic acids is 1. The van der Waals surface area contributed by atoms with Gasteiger partial charge < -0.3 is 31.1 Å². The summed E-state index contributed by atoms with van der Waals surface area (Å²) in [7, 11) is 0. The molecule has 200 valence electrons. The Labute approximate surface area is 218 Å². The van der Waals surface area contributed by atoms with E-state index in [9.17, 15) is 14.4 Å². The fraction of sp³-hybridized carbons (Fsp3) is 0.654. The first-order valence-corrected chi connectivity index (χ1v) is 13.5. The Kier molecular flexibility index (Phi) is 11.1. The molecular weight excluding hydrogens is 484 g/mol. The summed E-state index contributed by atoms with van der Waals surface area (Å²) in [4.78, 5) is 37.7. The van der Waals surface area contributed by atoms with Gasteiger partial charge in [-0.1, -0.05) is 24.4 Å². The third kappa shape index (κ3) is 8.55. The number of carbonyl (C=O) groups excluding carboxylic acids is 2. The van der Waals surface area contributed by atoms with Gasteiger partial charge in [0, 0.05) is 50.5 Å². The van der Waals surface area contributed by atoms with Crippen LogP contribution in [0.5, 0.6) is 5.75 Å². The second-order valence-corrected chi connectivity index (χ2v) is 10.1. The second kappa shape index (κ2) is 14.3. The zero-order valence-corrected chi connectivity index (χ0v) is 21.7. The molecule has 0 atom stereocenters. The van der Waals surface area contributed by atoms with E-state index in [1.807, 2.05) is 0 Å². The molecule has 2 amide bonds. The highest BCUT2D eigenvalue weighted by Crippen LogP contribution is 2.38. The minimum atomic E-state index is -0.770. The Morgan fingerprint density at radius 3 is 2.56 bits per heavy atom. The number of fused-ring (bicyclic) bond motifs is 1. The summed E-state index contributed by atoms with van der Waals surface area (Å²) in [6.07, 6.45) is 8.40. The van der Waals surface area contributed by atoms with Crippen LogP contribution in [0.3, 0.4) is 0 Å². The van der Waals surface area contributed by atoms with Crippen molar-refractivity contribution in [3.8, 4) is 5.75 Å². The van der Waals surface area contributed by atoms with E-state index in [0.29, 0.717) is 54.4 Å². The van der Waals surface area contributed by atoms with E-state index >= 15 is 0 Å². The molecule has 1 saturated heterocycles. The summed E-state index contributed by atoms with van der Waals surface area (Å²) < 4.78 is 5.66. The molecule has 0 aromatic heterocycles. The molecule has 2 heterocycles. The van der Waals surface area contributed by atoms with E-state index < -0.39 is 5.97 Å². The van der Waals surface area contributed by atoms with Crippen LogP contribution in [0, 0.1) is 0 Å². The van der Waals surface area contributed by atoms with E-state index in [2.05, 4.69) is 15.5 Å². The van der Waals surface area contributed by atoms with Crippen LogP contribution >= 0.6 is 11.6 Å². The lowest BCUT2D eigenvalue weighted by molar-refractivity contribution is -0.137. The molecule has 36 heavy (non-hydrogen) atoms. The monoisotopic (exact) mass is 522 g/mol. The smallest absolute Gasteiger partial charge is 0.303 e. The molecular formula is C26H39ClN4O5. The van der Waals surface area contributed by atoms with Crippen molar-refractivity contribution in [2.75, 3.05) is 38.5 Å². The van der Waals surface area contributed by atoms with E-state index in [1.165, 1.54) is 0 Å². The number of amides is 2. The highest BCUT2D eigenvalue weighted by atomic mass is 35.5. The average molecular weight is 523 g/mol. The van der Waals surface area contributed by atoms with Crippen LogP contribution in [-0.4, -0.2) is 66.6 Å². The Hall–Kier alpha value is -2.52. The number of hydrogen-bond acceptors (Lipinski definition) is 6. The molecule has 9 nitrogen and oxygen atoms in total. The van der Waals surface area contributed by atoms with Gasteiger partial charge in [0.2, 0.25) is 5.91 Å². The number of carboxylic acid groups (broad SMARTS) is 1. The van der Waals surface area contributed by atoms with Gasteiger partial charge in [0.05, 0.1) is 22.9 Å². The van der Waals surface area contributed by atoms with Crippen molar-refractivity contribution < 1.29 is 24.2 Å². The van der Waals surface area contributed by atoms with Gasteiger partial charge in [-0.2, -0.15) is 0 Å². The fourth-order valence-electron chi connectivity index (χ4n) is 4.79. The van der Waals surface area contributed by atoms with Gasteiger partial charge in [-0.25, -0.2) is 0 Å². The zero-order valence-electron chi connectivity index (χ0n) is 21.0. The number of nitrogens with one attached hydrogen (secondary N) is 2. The number of anilines is 1. The molecule has 0 spiro atoms. The first kappa shape index (κ1) is 28.1. The summed E-state index contributed by atoms with van der Waals surface area (Å²) >= 11 is 6.23. The number of carboxylic acids is 1. The molecule has 2 aliphatic rings. The Morgan fingerprint density at radius 2 is 1.81 bits per heavy atom. The Morgan fingerprint density at radius 1 is 1.08 bits per heavy atom. The molecule has 2 aliphatic heterocycles. The molecule has 0 unspecified atom stereocenters. The lowest BCUT2D eigenvalue weighted by atomic mass is 10.0. The molecule has 0 radical (unpaired) electrons. The second-order valence-electron chi connectivity index (χ2n) is 9.68. The van der Waals surface area contributed by atoms with Crippen LogP contribution in [0.25, 0.3) is 0 Å². The molecule has 0 aliphatic carbocycles. The van der Waals surface area contributed by atoms with Crippen molar-refractivity contribution in [1.29, 1.82) is 0 Å². The summed E-state index contributed by atoms with van der Waals surface area (Å²) in [5.41, 5.74) is 7.82. The predicted molar refractivity (Wildman–Crippen MR) is 140 cm³/mol. The van der Waals surface area contributed by atoms with E-state index in [0.717, 1.165) is 70.1 Å². The third-order valence-electron chi connectivity index (χ3n) is 6.91. The number of ether oxygens (including phenoxy) is 1. The average Bonchev–Trinajstić information content (AvgIpc) is 3.34. The van der Waals surface area contributed by atoms with Crippen LogP contribution in [-0.2, 0) is 16.0 Å². The number of nitrogens with two attached hydrogens (primary N) is 1. The van der Waals surface area contributed by atoms with Crippen molar-refractivity contribution in [1.82, 2.24) is 15.5 Å². The van der Waals surface area contributed by atoms with Crippen molar-refractivity contribution in [3.63, 3.8) is 0 Å². The van der Waals surface area contributed by atoms with Crippen molar-refractivity contribution in [3.05, 3.63) is 22.2 Å². The highest BCUT2D eigenvalue weighted by Gasteiger charge is 2.27. The van der Waals surface area contributed by atoms with Crippen LogP contribution < -0.4 is 21.1 Å². The zero-order chi connectivity index (χ0) is 25.9. The first-order valence-electron chi connectivity index (χ1n) is 13.1. The third-order valence-corrected chi connectivity index (χ3v) is 7.22. The first-order chi connectivity index (χ1) is 17.3. The van der Waals surface area contributed by atoms with Gasteiger partial charge >= 0.3 is 5.97 Å². The maximum atomic E-state index is 12.9. The van der Waals surface area contributed by atoms with Crippen LogP contribution in [0.15, 0.2) is 6.07 Å². The molecule has 0 saturated carbocycles. The number of nitrogen functional groups attached to an aromatic ring is 1. The number of unbranched alkanes of at least 4 members (excludes halogenated alkanes) is 4. The Balaban J connectivity index is 1.25.